The minimum atomic E-state index is -0.633. The smallest absolute Gasteiger partial charge is 0.339 e. The standard InChI is InChI=1S/C34H29BrN2O5/c1-19-7-8-22(15-20(19)2)31(38)18-42-34(41)28-17-30(36-29-14-11-23(35)16-27(28)29)21-9-12-24(13-10-21)37-32(39)25-5-3-4-6-26(25)33(37)40/h7-17,25-26H,3-6,18H2,1-2H3. The number of halogens is 1. The van der Waals surface area contributed by atoms with E-state index in [2.05, 4.69) is 15.9 Å². The first kappa shape index (κ1) is 28.0. The minimum Gasteiger partial charge on any atom is -0.454 e. The molecule has 2 amide bonds. The van der Waals surface area contributed by atoms with E-state index in [4.69, 9.17) is 9.72 Å². The third-order valence-corrected chi connectivity index (χ3v) is 8.91. The monoisotopic (exact) mass is 624 g/mol. The van der Waals surface area contributed by atoms with Gasteiger partial charge in [-0.1, -0.05) is 53.0 Å². The van der Waals surface area contributed by atoms with Crippen LogP contribution in [-0.2, 0) is 14.3 Å². The third kappa shape index (κ3) is 5.15. The van der Waals surface area contributed by atoms with Gasteiger partial charge in [0, 0.05) is 21.0 Å². The number of nitrogens with zero attached hydrogens (tertiary/aromatic N) is 2. The van der Waals surface area contributed by atoms with Crippen LogP contribution in [0.2, 0.25) is 0 Å². The van der Waals surface area contributed by atoms with E-state index in [-0.39, 0.29) is 41.6 Å². The Hall–Kier alpha value is -4.17. The summed E-state index contributed by atoms with van der Waals surface area (Å²) in [6, 6.07) is 19.6. The molecule has 1 aliphatic heterocycles. The number of esters is 1. The van der Waals surface area contributed by atoms with Crippen molar-refractivity contribution in [3.8, 4) is 11.3 Å². The van der Waals surface area contributed by atoms with Crippen molar-refractivity contribution in [1.82, 2.24) is 4.98 Å². The molecular weight excluding hydrogens is 596 g/mol. The fourth-order valence-electron chi connectivity index (χ4n) is 5.92. The largest absolute Gasteiger partial charge is 0.454 e. The average molecular weight is 626 g/mol. The van der Waals surface area contributed by atoms with Gasteiger partial charge in [0.15, 0.2) is 12.4 Å². The Balaban J connectivity index is 1.28. The van der Waals surface area contributed by atoms with Crippen molar-refractivity contribution in [1.29, 1.82) is 0 Å². The van der Waals surface area contributed by atoms with Crippen LogP contribution in [0, 0.1) is 25.7 Å². The van der Waals surface area contributed by atoms with Crippen molar-refractivity contribution in [2.24, 2.45) is 11.8 Å². The van der Waals surface area contributed by atoms with E-state index in [0.29, 0.717) is 33.4 Å². The maximum absolute atomic E-state index is 13.3. The lowest BCUT2D eigenvalue weighted by Gasteiger charge is -2.19. The summed E-state index contributed by atoms with van der Waals surface area (Å²) in [6.07, 6.45) is 3.47. The number of carbonyl (C=O) groups excluding carboxylic acids is 4. The number of aryl methyl sites for hydroxylation is 2. The first-order valence-electron chi connectivity index (χ1n) is 14.1. The molecule has 2 unspecified atom stereocenters. The highest BCUT2D eigenvalue weighted by Gasteiger charge is 2.48. The molecule has 2 fully saturated rings. The van der Waals surface area contributed by atoms with Crippen molar-refractivity contribution in [2.75, 3.05) is 11.5 Å². The second-order valence-corrected chi connectivity index (χ2v) is 12.0. The van der Waals surface area contributed by atoms with Crippen LogP contribution in [0.5, 0.6) is 0 Å². The molecule has 1 aromatic heterocycles. The Labute approximate surface area is 252 Å². The fourth-order valence-corrected chi connectivity index (χ4v) is 6.28. The molecule has 8 heteroatoms. The van der Waals surface area contributed by atoms with E-state index in [1.807, 2.05) is 26.0 Å². The highest BCUT2D eigenvalue weighted by molar-refractivity contribution is 9.10. The van der Waals surface area contributed by atoms with E-state index >= 15 is 0 Å². The summed E-state index contributed by atoms with van der Waals surface area (Å²) in [7, 11) is 0. The van der Waals surface area contributed by atoms with Crippen LogP contribution in [0.25, 0.3) is 22.2 Å². The Kier molecular flexibility index (Phi) is 7.49. The topological polar surface area (TPSA) is 93.6 Å². The van der Waals surface area contributed by atoms with Crippen LogP contribution in [0.3, 0.4) is 0 Å². The molecule has 1 saturated carbocycles. The number of carbonyl (C=O) groups is 4. The number of ketones is 1. The van der Waals surface area contributed by atoms with Crippen molar-refractivity contribution < 1.29 is 23.9 Å². The van der Waals surface area contributed by atoms with Crippen molar-refractivity contribution in [2.45, 2.75) is 39.5 Å². The predicted octanol–water partition coefficient (Wildman–Crippen LogP) is 7.00. The summed E-state index contributed by atoms with van der Waals surface area (Å²) < 4.78 is 6.27. The highest BCUT2D eigenvalue weighted by Crippen LogP contribution is 2.40. The number of rotatable bonds is 6. The van der Waals surface area contributed by atoms with Gasteiger partial charge in [-0.3, -0.25) is 19.3 Å². The van der Waals surface area contributed by atoms with Gasteiger partial charge in [0.2, 0.25) is 11.8 Å². The van der Waals surface area contributed by atoms with Gasteiger partial charge in [0.25, 0.3) is 0 Å². The predicted molar refractivity (Wildman–Crippen MR) is 163 cm³/mol. The molecule has 6 rings (SSSR count). The van der Waals surface area contributed by atoms with Gasteiger partial charge in [-0.05, 0) is 80.3 Å². The number of amides is 2. The number of ether oxygens (including phenoxy) is 1. The Morgan fingerprint density at radius 1 is 0.881 bits per heavy atom. The number of aromatic nitrogens is 1. The van der Waals surface area contributed by atoms with E-state index in [1.165, 1.54) is 4.90 Å². The molecular formula is C34H29BrN2O5. The molecule has 1 saturated heterocycles. The number of fused-ring (bicyclic) bond motifs is 2. The van der Waals surface area contributed by atoms with Gasteiger partial charge in [-0.25, -0.2) is 9.78 Å². The van der Waals surface area contributed by atoms with Crippen molar-refractivity contribution >= 4 is 56.1 Å². The second kappa shape index (κ2) is 11.2. The Morgan fingerprint density at radius 3 is 2.24 bits per heavy atom. The van der Waals surface area contributed by atoms with E-state index < -0.39 is 5.97 Å². The van der Waals surface area contributed by atoms with Crippen LogP contribution in [0.15, 0.2) is 71.2 Å². The number of hydrogen-bond donors (Lipinski definition) is 0. The lowest BCUT2D eigenvalue weighted by atomic mass is 9.81. The molecule has 0 N–H and O–H groups in total. The Morgan fingerprint density at radius 2 is 1.57 bits per heavy atom. The number of anilines is 1. The van der Waals surface area contributed by atoms with Gasteiger partial charge in [0.05, 0.1) is 34.3 Å². The SMILES string of the molecule is Cc1ccc(C(=O)COC(=O)c2cc(-c3ccc(N4C(=O)C5CCCCC5C4=O)cc3)nc3ccc(Br)cc23)cc1C. The van der Waals surface area contributed by atoms with Crippen molar-refractivity contribution in [3.63, 3.8) is 0 Å². The summed E-state index contributed by atoms with van der Waals surface area (Å²) in [6.45, 7) is 3.52. The van der Waals surface area contributed by atoms with Crippen LogP contribution in [0.4, 0.5) is 5.69 Å². The maximum Gasteiger partial charge on any atom is 0.339 e. The number of pyridine rings is 1. The number of hydrogen-bond acceptors (Lipinski definition) is 6. The number of imide groups is 1. The fraction of sp³-hybridized carbons (Fsp3) is 0.265. The van der Waals surface area contributed by atoms with Gasteiger partial charge in [-0.15, -0.1) is 0 Å². The summed E-state index contributed by atoms with van der Waals surface area (Å²) >= 11 is 3.46. The highest BCUT2D eigenvalue weighted by atomic mass is 79.9. The van der Waals surface area contributed by atoms with Crippen LogP contribution >= 0.6 is 15.9 Å². The molecule has 0 spiro atoms. The molecule has 0 bridgehead atoms. The van der Waals surface area contributed by atoms with Crippen LogP contribution < -0.4 is 4.90 Å². The number of Topliss-reactive ketones (excluding diaryl/α,β-unsaturated/α-hetero) is 1. The molecule has 212 valence electrons. The summed E-state index contributed by atoms with van der Waals surface area (Å²) in [4.78, 5) is 58.3. The van der Waals surface area contributed by atoms with Crippen LogP contribution in [-0.4, -0.2) is 35.2 Å². The van der Waals surface area contributed by atoms with Crippen LogP contribution in [0.1, 0.15) is 57.5 Å². The first-order chi connectivity index (χ1) is 20.2. The maximum atomic E-state index is 13.3. The van der Waals surface area contributed by atoms with Gasteiger partial charge < -0.3 is 4.74 Å². The number of benzene rings is 3. The third-order valence-electron chi connectivity index (χ3n) is 8.42. The van der Waals surface area contributed by atoms with Gasteiger partial charge in [-0.2, -0.15) is 0 Å². The minimum absolute atomic E-state index is 0.118. The first-order valence-corrected chi connectivity index (χ1v) is 14.9. The normalized spacial score (nSPS) is 18.3. The zero-order chi connectivity index (χ0) is 29.5. The van der Waals surface area contributed by atoms with E-state index in [9.17, 15) is 19.2 Å². The van der Waals surface area contributed by atoms with Gasteiger partial charge in [0.1, 0.15) is 0 Å². The molecule has 7 nitrogen and oxygen atoms in total. The molecule has 0 radical (unpaired) electrons. The second-order valence-electron chi connectivity index (χ2n) is 11.1. The molecule has 2 aliphatic rings. The molecule has 2 atom stereocenters. The molecule has 42 heavy (non-hydrogen) atoms. The molecule has 1 aliphatic carbocycles. The zero-order valence-corrected chi connectivity index (χ0v) is 24.9. The lowest BCUT2D eigenvalue weighted by Crippen LogP contribution is -2.30. The Bertz CT molecular complexity index is 1740. The van der Waals surface area contributed by atoms with E-state index in [1.54, 1.807) is 54.6 Å². The van der Waals surface area contributed by atoms with Crippen molar-refractivity contribution in [3.05, 3.63) is 93.5 Å². The zero-order valence-electron chi connectivity index (χ0n) is 23.4. The van der Waals surface area contributed by atoms with Gasteiger partial charge >= 0.3 is 5.97 Å². The van der Waals surface area contributed by atoms with E-state index in [0.717, 1.165) is 41.3 Å². The quantitative estimate of drug-likeness (QED) is 0.130. The summed E-state index contributed by atoms with van der Waals surface area (Å²) in [5.41, 5.74) is 5.19. The average Bonchev–Trinajstić information content (AvgIpc) is 3.26. The summed E-state index contributed by atoms with van der Waals surface area (Å²) in [5, 5.41) is 0.587. The molecule has 2 heterocycles. The molecule has 4 aromatic rings. The lowest BCUT2D eigenvalue weighted by molar-refractivity contribution is -0.122. The molecule has 3 aromatic carbocycles. The summed E-state index contributed by atoms with van der Waals surface area (Å²) in [5.74, 6) is -1.59.